The second-order valence-corrected chi connectivity index (χ2v) is 10.6. The molecule has 6 aromatic rings. The first-order valence-electron chi connectivity index (χ1n) is 15.1. The lowest BCUT2D eigenvalue weighted by Crippen LogP contribution is -2.12. The lowest BCUT2D eigenvalue weighted by Gasteiger charge is -2.26. The topological polar surface area (TPSA) is 68.2 Å². The zero-order valence-corrected chi connectivity index (χ0v) is 25.8. The van der Waals surface area contributed by atoms with Crippen molar-refractivity contribution in [3.8, 4) is 0 Å². The van der Waals surface area contributed by atoms with Crippen LogP contribution in [-0.2, 0) is 4.74 Å². The van der Waals surface area contributed by atoms with Gasteiger partial charge in [0.05, 0.1) is 12.7 Å². The van der Waals surface area contributed by atoms with Crippen LogP contribution in [0.2, 0.25) is 0 Å². The number of esters is 1. The van der Waals surface area contributed by atoms with Crippen LogP contribution in [-0.4, -0.2) is 28.0 Å². The fraction of sp³-hybridized carbons (Fsp3) is 0.0244. The predicted octanol–water partition coefficient (Wildman–Crippen LogP) is 9.64. The van der Waals surface area contributed by atoms with E-state index in [1.165, 1.54) is 7.11 Å². The summed E-state index contributed by atoms with van der Waals surface area (Å²) >= 11 is 0. The summed E-state index contributed by atoms with van der Waals surface area (Å²) in [6.07, 6.45) is 22.8. The number of carbonyl (C=O) groups is 1. The molecular weight excluding hydrogens is 580 g/mol. The Morgan fingerprint density at radius 3 is 1.26 bits per heavy atom. The van der Waals surface area contributed by atoms with Gasteiger partial charge < -0.3 is 9.64 Å². The average Bonchev–Trinajstić information content (AvgIpc) is 3.14. The molecule has 3 aromatic heterocycles. The molecule has 3 aromatic carbocycles. The van der Waals surface area contributed by atoms with E-state index in [1.54, 1.807) is 37.2 Å². The van der Waals surface area contributed by atoms with E-state index >= 15 is 0 Å². The second kappa shape index (κ2) is 15.1. The number of hydrogen-bond acceptors (Lipinski definition) is 6. The third-order valence-corrected chi connectivity index (χ3v) is 7.51. The maximum absolute atomic E-state index is 13.1. The number of nitrogens with zero attached hydrogens (tertiary/aromatic N) is 4. The van der Waals surface area contributed by atoms with Crippen molar-refractivity contribution in [1.82, 2.24) is 15.0 Å². The molecule has 0 amide bonds. The lowest BCUT2D eigenvalue weighted by atomic mass is 10.0. The van der Waals surface area contributed by atoms with Gasteiger partial charge in [-0.05, 0) is 106 Å². The SMILES string of the molecule is COC(=O)c1cc(N(c2ccc(/C=C/c3ccncc3)cc2)c2ccc(/C=C/c3ccncc3)cc2)ccc1/C=C/c1ccncc1. The molecule has 228 valence electrons. The number of hydrogen-bond donors (Lipinski definition) is 0. The molecule has 0 unspecified atom stereocenters. The molecule has 0 spiro atoms. The third kappa shape index (κ3) is 8.01. The van der Waals surface area contributed by atoms with Crippen LogP contribution in [0.4, 0.5) is 17.1 Å². The van der Waals surface area contributed by atoms with E-state index in [0.29, 0.717) is 5.56 Å². The summed E-state index contributed by atoms with van der Waals surface area (Å²) in [7, 11) is 1.40. The second-order valence-electron chi connectivity index (χ2n) is 10.6. The van der Waals surface area contributed by atoms with Crippen molar-refractivity contribution in [2.75, 3.05) is 12.0 Å². The molecule has 0 bridgehead atoms. The van der Waals surface area contributed by atoms with E-state index in [9.17, 15) is 4.79 Å². The lowest BCUT2D eigenvalue weighted by molar-refractivity contribution is 0.0600. The quantitative estimate of drug-likeness (QED) is 0.144. The van der Waals surface area contributed by atoms with Gasteiger partial charge in [-0.2, -0.15) is 0 Å². The zero-order valence-electron chi connectivity index (χ0n) is 25.8. The van der Waals surface area contributed by atoms with E-state index in [0.717, 1.165) is 50.4 Å². The van der Waals surface area contributed by atoms with Crippen LogP contribution in [0.1, 0.15) is 43.7 Å². The Morgan fingerprint density at radius 1 is 0.489 bits per heavy atom. The maximum atomic E-state index is 13.1. The standard InChI is InChI=1S/C41H32N4O2/c1-47-41(46)40-30-39(17-12-36(40)11-6-35-22-28-44-29-23-35)45(37-13-7-31(8-14-37)2-4-33-18-24-42-25-19-33)38-15-9-32(10-16-38)3-5-34-20-26-43-27-21-34/h2-30H,1H3/b4-2+,5-3+,11-6+. The van der Waals surface area contributed by atoms with E-state index < -0.39 is 5.97 Å². The summed E-state index contributed by atoms with van der Waals surface area (Å²) in [4.78, 5) is 27.4. The molecular formula is C41H32N4O2. The highest BCUT2D eigenvalue weighted by molar-refractivity contribution is 5.97. The van der Waals surface area contributed by atoms with Gasteiger partial charge in [0.25, 0.3) is 0 Å². The molecule has 6 rings (SSSR count). The zero-order chi connectivity index (χ0) is 32.3. The molecule has 0 aliphatic rings. The van der Waals surface area contributed by atoms with Crippen LogP contribution >= 0.6 is 0 Å². The minimum absolute atomic E-state index is 0.408. The Balaban J connectivity index is 1.36. The van der Waals surface area contributed by atoms with E-state index in [4.69, 9.17) is 4.74 Å². The summed E-state index contributed by atoms with van der Waals surface area (Å²) < 4.78 is 5.21. The number of rotatable bonds is 10. The summed E-state index contributed by atoms with van der Waals surface area (Å²) in [5, 5.41) is 0. The average molecular weight is 613 g/mol. The van der Waals surface area contributed by atoms with E-state index in [1.807, 2.05) is 66.7 Å². The molecule has 0 N–H and O–H groups in total. The first kappa shape index (κ1) is 30.6. The maximum Gasteiger partial charge on any atom is 0.338 e. The molecule has 0 aliphatic heterocycles. The van der Waals surface area contributed by atoms with Crippen LogP contribution in [0.3, 0.4) is 0 Å². The Bertz CT molecular complexity index is 1910. The van der Waals surface area contributed by atoms with Crippen LogP contribution in [0.25, 0.3) is 36.5 Å². The third-order valence-electron chi connectivity index (χ3n) is 7.51. The summed E-state index contributed by atoms with van der Waals surface area (Å²) in [6.45, 7) is 0. The van der Waals surface area contributed by atoms with Crippen LogP contribution in [0, 0.1) is 0 Å². The molecule has 47 heavy (non-hydrogen) atoms. The Morgan fingerprint density at radius 2 is 0.851 bits per heavy atom. The largest absolute Gasteiger partial charge is 0.465 e. The molecule has 0 radical (unpaired) electrons. The highest BCUT2D eigenvalue weighted by Crippen LogP contribution is 2.36. The monoisotopic (exact) mass is 612 g/mol. The number of aromatic nitrogens is 3. The van der Waals surface area contributed by atoms with Crippen molar-refractivity contribution in [2.24, 2.45) is 0 Å². The fourth-order valence-electron chi connectivity index (χ4n) is 5.03. The van der Waals surface area contributed by atoms with Crippen molar-refractivity contribution in [3.05, 3.63) is 179 Å². The Kier molecular flexibility index (Phi) is 9.81. The summed E-state index contributed by atoms with van der Waals surface area (Å²) in [5.41, 5.74) is 9.21. The normalized spacial score (nSPS) is 11.3. The highest BCUT2D eigenvalue weighted by atomic mass is 16.5. The number of methoxy groups -OCH3 is 1. The minimum atomic E-state index is -0.408. The molecule has 6 nitrogen and oxygen atoms in total. The van der Waals surface area contributed by atoms with Gasteiger partial charge in [-0.1, -0.05) is 66.8 Å². The number of benzene rings is 3. The molecule has 0 aliphatic carbocycles. The van der Waals surface area contributed by atoms with E-state index in [2.05, 4.69) is 92.7 Å². The molecule has 0 atom stereocenters. The van der Waals surface area contributed by atoms with Crippen molar-refractivity contribution < 1.29 is 9.53 Å². The molecule has 3 heterocycles. The fourth-order valence-corrected chi connectivity index (χ4v) is 5.03. The van der Waals surface area contributed by atoms with Gasteiger partial charge in [0.1, 0.15) is 0 Å². The van der Waals surface area contributed by atoms with Gasteiger partial charge in [0.15, 0.2) is 0 Å². The van der Waals surface area contributed by atoms with Gasteiger partial charge in [-0.15, -0.1) is 0 Å². The molecule has 0 saturated carbocycles. The Hall–Kier alpha value is -6.40. The van der Waals surface area contributed by atoms with Gasteiger partial charge in [0, 0.05) is 54.2 Å². The first-order chi connectivity index (χ1) is 23.2. The summed E-state index contributed by atoms with van der Waals surface area (Å²) in [6, 6.07) is 34.2. The van der Waals surface area contributed by atoms with E-state index in [-0.39, 0.29) is 0 Å². The Labute approximate surface area is 274 Å². The van der Waals surface area contributed by atoms with Gasteiger partial charge in [-0.3, -0.25) is 15.0 Å². The number of anilines is 3. The van der Waals surface area contributed by atoms with Crippen molar-refractivity contribution in [3.63, 3.8) is 0 Å². The molecule has 6 heteroatoms. The van der Waals surface area contributed by atoms with Crippen molar-refractivity contribution >= 4 is 59.5 Å². The van der Waals surface area contributed by atoms with Crippen molar-refractivity contribution in [1.29, 1.82) is 0 Å². The predicted molar refractivity (Wildman–Crippen MR) is 192 cm³/mol. The smallest absolute Gasteiger partial charge is 0.338 e. The van der Waals surface area contributed by atoms with Crippen LogP contribution < -0.4 is 4.90 Å². The molecule has 0 saturated heterocycles. The number of pyridine rings is 3. The number of ether oxygens (including phenoxy) is 1. The number of carbonyl (C=O) groups excluding carboxylic acids is 1. The minimum Gasteiger partial charge on any atom is -0.465 e. The van der Waals surface area contributed by atoms with Gasteiger partial charge in [0.2, 0.25) is 0 Å². The van der Waals surface area contributed by atoms with Crippen molar-refractivity contribution in [2.45, 2.75) is 0 Å². The first-order valence-corrected chi connectivity index (χ1v) is 15.1. The highest BCUT2D eigenvalue weighted by Gasteiger charge is 2.17. The summed E-state index contributed by atoms with van der Waals surface area (Å²) in [5.74, 6) is -0.408. The van der Waals surface area contributed by atoms with Crippen LogP contribution in [0.15, 0.2) is 140 Å². The van der Waals surface area contributed by atoms with Gasteiger partial charge >= 0.3 is 5.97 Å². The van der Waals surface area contributed by atoms with Gasteiger partial charge in [-0.25, -0.2) is 4.79 Å². The molecule has 0 fully saturated rings. The van der Waals surface area contributed by atoms with Crippen LogP contribution in [0.5, 0.6) is 0 Å².